The molecule has 0 saturated heterocycles. The molecule has 0 aliphatic heterocycles. The Labute approximate surface area is 99.3 Å². The van der Waals surface area contributed by atoms with Crippen LogP contribution < -0.4 is 5.32 Å². The van der Waals surface area contributed by atoms with Gasteiger partial charge in [-0.05, 0) is 31.0 Å². The van der Waals surface area contributed by atoms with Crippen molar-refractivity contribution in [3.8, 4) is 0 Å². The Hall–Kier alpha value is -1.45. The first-order valence-electron chi connectivity index (χ1n) is 5.43. The predicted octanol–water partition coefficient (Wildman–Crippen LogP) is 4.39. The molecule has 0 saturated carbocycles. The lowest BCUT2D eigenvalue weighted by Gasteiger charge is -2.13. The lowest BCUT2D eigenvalue weighted by molar-refractivity contribution is -0.138. The smallest absolute Gasteiger partial charge is 0.381 e. The number of benzene rings is 1. The molecule has 1 nitrogen and oxygen atoms in total. The molecule has 4 heteroatoms. The van der Waals surface area contributed by atoms with Gasteiger partial charge in [0.2, 0.25) is 0 Å². The topological polar surface area (TPSA) is 12.0 Å². The quantitative estimate of drug-likeness (QED) is 0.773. The molecule has 0 aromatic heterocycles. The SMILES string of the molecule is C=C(CC)CNc1ccc(C)c(C(F)(F)F)c1. The van der Waals surface area contributed by atoms with Crippen LogP contribution in [0, 0.1) is 6.92 Å². The summed E-state index contributed by atoms with van der Waals surface area (Å²) in [5.41, 5.74) is 1.07. The molecule has 0 bridgehead atoms. The summed E-state index contributed by atoms with van der Waals surface area (Å²) in [5, 5.41) is 2.94. The normalized spacial score (nSPS) is 11.4. The van der Waals surface area contributed by atoms with Crippen molar-refractivity contribution in [2.75, 3.05) is 11.9 Å². The summed E-state index contributed by atoms with van der Waals surface area (Å²) in [6, 6.07) is 4.26. The third kappa shape index (κ3) is 3.80. The average molecular weight is 243 g/mol. The predicted molar refractivity (Wildman–Crippen MR) is 64.1 cm³/mol. The Kier molecular flexibility index (Phi) is 4.21. The van der Waals surface area contributed by atoms with E-state index in [2.05, 4.69) is 11.9 Å². The highest BCUT2D eigenvalue weighted by Gasteiger charge is 2.32. The van der Waals surface area contributed by atoms with Crippen molar-refractivity contribution in [1.29, 1.82) is 0 Å². The first-order chi connectivity index (χ1) is 7.84. The van der Waals surface area contributed by atoms with E-state index in [0.29, 0.717) is 12.2 Å². The van der Waals surface area contributed by atoms with Crippen LogP contribution in [0.4, 0.5) is 18.9 Å². The Bertz CT molecular complexity index is 408. The number of anilines is 1. The largest absolute Gasteiger partial charge is 0.416 e. The number of alkyl halides is 3. The van der Waals surface area contributed by atoms with E-state index in [1.165, 1.54) is 13.0 Å². The Morgan fingerprint density at radius 2 is 2.00 bits per heavy atom. The maximum absolute atomic E-state index is 12.6. The van der Waals surface area contributed by atoms with Crippen LogP contribution in [0.1, 0.15) is 24.5 Å². The van der Waals surface area contributed by atoms with Gasteiger partial charge < -0.3 is 5.32 Å². The molecule has 1 N–H and O–H groups in total. The van der Waals surface area contributed by atoms with Gasteiger partial charge >= 0.3 is 6.18 Å². The van der Waals surface area contributed by atoms with E-state index in [9.17, 15) is 13.2 Å². The van der Waals surface area contributed by atoms with Gasteiger partial charge in [-0.2, -0.15) is 13.2 Å². The summed E-state index contributed by atoms with van der Waals surface area (Å²) >= 11 is 0. The fourth-order valence-corrected chi connectivity index (χ4v) is 1.39. The van der Waals surface area contributed by atoms with Crippen LogP contribution in [0.2, 0.25) is 0 Å². The Balaban J connectivity index is 2.86. The summed E-state index contributed by atoms with van der Waals surface area (Å²) in [4.78, 5) is 0. The van der Waals surface area contributed by atoms with Gasteiger partial charge in [0.25, 0.3) is 0 Å². The monoisotopic (exact) mass is 243 g/mol. The van der Waals surface area contributed by atoms with Crippen LogP contribution in [0.5, 0.6) is 0 Å². The third-order valence-corrected chi connectivity index (χ3v) is 2.59. The fourth-order valence-electron chi connectivity index (χ4n) is 1.39. The molecular formula is C13H16F3N. The van der Waals surface area contributed by atoms with Gasteiger partial charge in [-0.3, -0.25) is 0 Å². The van der Waals surface area contributed by atoms with Gasteiger partial charge in [-0.15, -0.1) is 0 Å². The molecule has 0 atom stereocenters. The van der Waals surface area contributed by atoms with Gasteiger partial charge in [-0.1, -0.05) is 25.1 Å². The zero-order valence-corrected chi connectivity index (χ0v) is 9.99. The second kappa shape index (κ2) is 5.25. The van der Waals surface area contributed by atoms with Crippen LogP contribution in [-0.4, -0.2) is 6.54 Å². The van der Waals surface area contributed by atoms with E-state index in [1.54, 1.807) is 6.07 Å². The van der Waals surface area contributed by atoms with Crippen molar-refractivity contribution in [2.24, 2.45) is 0 Å². The minimum Gasteiger partial charge on any atom is -0.381 e. The number of nitrogens with one attached hydrogen (secondary N) is 1. The lowest BCUT2D eigenvalue weighted by atomic mass is 10.1. The van der Waals surface area contributed by atoms with Crippen molar-refractivity contribution in [3.05, 3.63) is 41.5 Å². The molecule has 0 aliphatic rings. The molecule has 0 unspecified atom stereocenters. The van der Waals surface area contributed by atoms with Crippen LogP contribution in [0.15, 0.2) is 30.4 Å². The molecule has 94 valence electrons. The van der Waals surface area contributed by atoms with Crippen LogP contribution in [-0.2, 0) is 6.18 Å². The summed E-state index contributed by atoms with van der Waals surface area (Å²) < 4.78 is 37.9. The third-order valence-electron chi connectivity index (χ3n) is 2.59. The minimum atomic E-state index is -4.30. The zero-order valence-electron chi connectivity index (χ0n) is 9.99. The molecule has 0 fully saturated rings. The molecule has 17 heavy (non-hydrogen) atoms. The Morgan fingerprint density at radius 3 is 2.53 bits per heavy atom. The van der Waals surface area contributed by atoms with E-state index >= 15 is 0 Å². The fraction of sp³-hybridized carbons (Fsp3) is 0.385. The van der Waals surface area contributed by atoms with Gasteiger partial charge in [0, 0.05) is 12.2 Å². The summed E-state index contributed by atoms with van der Waals surface area (Å²) in [7, 11) is 0. The van der Waals surface area contributed by atoms with Gasteiger partial charge in [-0.25, -0.2) is 0 Å². The Morgan fingerprint density at radius 1 is 1.35 bits per heavy atom. The molecule has 0 radical (unpaired) electrons. The molecule has 1 aromatic carbocycles. The number of hydrogen-bond donors (Lipinski definition) is 1. The number of rotatable bonds is 4. The van der Waals surface area contributed by atoms with E-state index in [-0.39, 0.29) is 5.56 Å². The summed E-state index contributed by atoms with van der Waals surface area (Å²) in [6.45, 7) is 7.70. The van der Waals surface area contributed by atoms with E-state index in [4.69, 9.17) is 0 Å². The molecule has 1 aromatic rings. The molecular weight excluding hydrogens is 227 g/mol. The average Bonchev–Trinajstić information content (AvgIpc) is 2.26. The van der Waals surface area contributed by atoms with E-state index in [1.807, 2.05) is 6.92 Å². The van der Waals surface area contributed by atoms with Crippen molar-refractivity contribution < 1.29 is 13.2 Å². The van der Waals surface area contributed by atoms with Crippen molar-refractivity contribution in [3.63, 3.8) is 0 Å². The molecule has 0 spiro atoms. The van der Waals surface area contributed by atoms with Gasteiger partial charge in [0.1, 0.15) is 0 Å². The van der Waals surface area contributed by atoms with Crippen LogP contribution in [0.3, 0.4) is 0 Å². The minimum absolute atomic E-state index is 0.234. The van der Waals surface area contributed by atoms with Gasteiger partial charge in [0.15, 0.2) is 0 Å². The molecule has 0 heterocycles. The standard InChI is InChI=1S/C13H16F3N/c1-4-9(2)8-17-11-6-5-10(3)12(7-11)13(14,15)16/h5-7,17H,2,4,8H2,1,3H3. The van der Waals surface area contributed by atoms with E-state index < -0.39 is 11.7 Å². The highest BCUT2D eigenvalue weighted by atomic mass is 19.4. The second-order valence-corrected chi connectivity index (χ2v) is 3.98. The van der Waals surface area contributed by atoms with Crippen molar-refractivity contribution in [2.45, 2.75) is 26.4 Å². The number of hydrogen-bond acceptors (Lipinski definition) is 1. The number of halogens is 3. The van der Waals surface area contributed by atoms with Crippen LogP contribution >= 0.6 is 0 Å². The maximum Gasteiger partial charge on any atom is 0.416 e. The summed E-state index contributed by atoms with van der Waals surface area (Å²) in [6.07, 6.45) is -3.49. The van der Waals surface area contributed by atoms with Crippen molar-refractivity contribution >= 4 is 5.69 Å². The maximum atomic E-state index is 12.6. The number of aryl methyl sites for hydroxylation is 1. The van der Waals surface area contributed by atoms with E-state index in [0.717, 1.165) is 18.1 Å². The zero-order chi connectivity index (χ0) is 13.1. The second-order valence-electron chi connectivity index (χ2n) is 3.98. The highest BCUT2D eigenvalue weighted by Crippen LogP contribution is 2.33. The first kappa shape index (κ1) is 13.6. The highest BCUT2D eigenvalue weighted by molar-refractivity contribution is 5.50. The summed E-state index contributed by atoms with van der Waals surface area (Å²) in [5.74, 6) is 0. The van der Waals surface area contributed by atoms with Crippen LogP contribution in [0.25, 0.3) is 0 Å². The first-order valence-corrected chi connectivity index (χ1v) is 5.43. The molecule has 0 amide bonds. The molecule has 1 rings (SSSR count). The molecule has 0 aliphatic carbocycles. The van der Waals surface area contributed by atoms with Crippen molar-refractivity contribution in [1.82, 2.24) is 0 Å². The lowest BCUT2D eigenvalue weighted by Crippen LogP contribution is -2.09. The van der Waals surface area contributed by atoms with Gasteiger partial charge in [0.05, 0.1) is 5.56 Å².